The molecule has 0 fully saturated rings. The van der Waals surface area contributed by atoms with Gasteiger partial charge in [-0.2, -0.15) is 0 Å². The molecular weight excluding hydrogens is 921 g/mol. The topological polar surface area (TPSA) is 28.5 Å². The third-order valence-electron chi connectivity index (χ3n) is 0. The van der Waals surface area contributed by atoms with Crippen molar-refractivity contribution in [1.29, 1.82) is 0 Å². The first-order valence-corrected chi connectivity index (χ1v) is 0. The van der Waals surface area contributed by atoms with E-state index in [-0.39, 0.29) is 117 Å². The second kappa shape index (κ2) is 37.9. The van der Waals surface area contributed by atoms with Gasteiger partial charge in [-0.3, -0.25) is 0 Å². The summed E-state index contributed by atoms with van der Waals surface area (Å²) in [6.45, 7) is 0. The fraction of sp³-hybridized carbons (Fsp3) is 0. The van der Waals surface area contributed by atoms with E-state index in [1.165, 1.54) is 0 Å². The van der Waals surface area contributed by atoms with Gasteiger partial charge in [0.25, 0.3) is 0 Å². The Morgan fingerprint density at radius 3 is 0.333 bits per heavy atom. The van der Waals surface area contributed by atoms with E-state index in [0.29, 0.717) is 0 Å². The van der Waals surface area contributed by atoms with Gasteiger partial charge in [0, 0.05) is 0 Å². The van der Waals surface area contributed by atoms with Crippen LogP contribution in [0.2, 0.25) is 0 Å². The quantitative estimate of drug-likeness (QED) is 0.325. The zero-order chi connectivity index (χ0) is 0. The molecule has 0 aromatic rings. The van der Waals surface area contributed by atoms with Crippen LogP contribution >= 0.6 is 0 Å². The SMILES string of the molecule is [O-2].[Ta+5].[Ta+5].[Ta+5].[Ta+5].[Ta+5]. The van der Waals surface area contributed by atoms with E-state index < -0.39 is 0 Å². The van der Waals surface area contributed by atoms with Gasteiger partial charge < -0.3 is 5.48 Å². The Balaban J connectivity index is 0. The van der Waals surface area contributed by atoms with E-state index in [9.17, 15) is 0 Å². The Morgan fingerprint density at radius 2 is 0.333 bits per heavy atom. The summed E-state index contributed by atoms with van der Waals surface area (Å²) in [6, 6.07) is 0. The molecule has 0 aromatic heterocycles. The molecule has 0 bridgehead atoms. The molecule has 0 radical (unpaired) electrons. The molecule has 0 aliphatic carbocycles. The van der Waals surface area contributed by atoms with Gasteiger partial charge in [0.15, 0.2) is 0 Å². The molecule has 0 amide bonds. The summed E-state index contributed by atoms with van der Waals surface area (Å²) in [5.74, 6) is 0. The van der Waals surface area contributed by atoms with Crippen LogP contribution < -0.4 is 0 Å². The first-order chi connectivity index (χ1) is 0. The van der Waals surface area contributed by atoms with Gasteiger partial charge in [-0.25, -0.2) is 0 Å². The van der Waals surface area contributed by atoms with E-state index >= 15 is 0 Å². The van der Waals surface area contributed by atoms with E-state index in [0.717, 1.165) is 0 Å². The van der Waals surface area contributed by atoms with Gasteiger partial charge in [-0.15, -0.1) is 0 Å². The molecule has 0 aliphatic rings. The van der Waals surface area contributed by atoms with Crippen LogP contribution in [0.15, 0.2) is 0 Å². The molecule has 0 aromatic carbocycles. The minimum absolute atomic E-state index is 0. The second-order valence-corrected chi connectivity index (χ2v) is 0. The van der Waals surface area contributed by atoms with Crippen molar-refractivity contribution in [2.24, 2.45) is 0 Å². The van der Waals surface area contributed by atoms with Crippen molar-refractivity contribution in [2.45, 2.75) is 0 Å². The van der Waals surface area contributed by atoms with Crippen molar-refractivity contribution in [2.75, 3.05) is 0 Å². The molecule has 0 saturated carbocycles. The van der Waals surface area contributed by atoms with Crippen molar-refractivity contribution >= 4 is 0 Å². The summed E-state index contributed by atoms with van der Waals surface area (Å²) >= 11 is 0. The molecule has 0 N–H and O–H groups in total. The van der Waals surface area contributed by atoms with E-state index in [2.05, 4.69) is 0 Å². The number of hydrogen-bond acceptors (Lipinski definition) is 0. The molecule has 0 atom stereocenters. The molecule has 1 nitrogen and oxygen atoms in total. The Bertz CT molecular complexity index is 3.90. The van der Waals surface area contributed by atoms with Crippen molar-refractivity contribution < 1.29 is 117 Å². The predicted octanol–water partition coefficient (Wildman–Crippen LogP) is -0.131. The van der Waals surface area contributed by atoms with Gasteiger partial charge in [-0.05, 0) is 0 Å². The first-order valence-electron chi connectivity index (χ1n) is 0. The fourth-order valence-corrected chi connectivity index (χ4v) is 0. The fourth-order valence-electron chi connectivity index (χ4n) is 0. The largest absolute Gasteiger partial charge is 5.00 e. The summed E-state index contributed by atoms with van der Waals surface area (Å²) in [5.41, 5.74) is 0. The summed E-state index contributed by atoms with van der Waals surface area (Å²) in [6.07, 6.45) is 0. The summed E-state index contributed by atoms with van der Waals surface area (Å²) in [7, 11) is 0. The van der Waals surface area contributed by atoms with Gasteiger partial charge in [0.05, 0.1) is 0 Å². The normalized spacial score (nSPS) is 0. The van der Waals surface area contributed by atoms with E-state index in [4.69, 9.17) is 0 Å². The molecule has 8 valence electrons. The van der Waals surface area contributed by atoms with Crippen LogP contribution in [0.4, 0.5) is 0 Å². The molecule has 0 heterocycles. The molecule has 0 saturated heterocycles. The number of hydrogen-bond donors (Lipinski definition) is 0. The van der Waals surface area contributed by atoms with Gasteiger partial charge in [-0.1, -0.05) is 0 Å². The Morgan fingerprint density at radius 1 is 0.333 bits per heavy atom. The van der Waals surface area contributed by atoms with Gasteiger partial charge in [0.2, 0.25) is 0 Å². The van der Waals surface area contributed by atoms with Crippen LogP contribution in [0.3, 0.4) is 0 Å². The Kier molecular flexibility index (Phi) is 342. The average molecular weight is 921 g/mol. The van der Waals surface area contributed by atoms with Crippen LogP contribution in [0.25, 0.3) is 0 Å². The first kappa shape index (κ1) is 54.1. The van der Waals surface area contributed by atoms with E-state index in [1.807, 2.05) is 0 Å². The Labute approximate surface area is 115 Å². The monoisotopic (exact) mass is 921 g/mol. The molecule has 6 heteroatoms. The maximum absolute atomic E-state index is 0. The third kappa shape index (κ3) is 25.4. The van der Waals surface area contributed by atoms with E-state index in [1.54, 1.807) is 0 Å². The van der Waals surface area contributed by atoms with Crippen LogP contribution in [0, 0.1) is 0 Å². The van der Waals surface area contributed by atoms with Crippen LogP contribution in [-0.2, 0) is 117 Å². The summed E-state index contributed by atoms with van der Waals surface area (Å²) in [4.78, 5) is 0. The molecule has 0 rings (SSSR count). The molecular formula is OTa5+23. The maximum atomic E-state index is 0. The minimum Gasteiger partial charge on any atom is -2.00 e. The van der Waals surface area contributed by atoms with Crippen molar-refractivity contribution in [3.05, 3.63) is 0 Å². The zero-order valence-electron chi connectivity index (χ0n) is 2.64. The summed E-state index contributed by atoms with van der Waals surface area (Å²) < 4.78 is 0. The van der Waals surface area contributed by atoms with Crippen LogP contribution in [-0.4, -0.2) is 0 Å². The van der Waals surface area contributed by atoms with Crippen LogP contribution in [0.5, 0.6) is 0 Å². The molecule has 0 spiro atoms. The zero-order valence-corrected chi connectivity index (χ0v) is 18.7. The third-order valence-corrected chi connectivity index (χ3v) is 0. The maximum Gasteiger partial charge on any atom is 5.00 e. The van der Waals surface area contributed by atoms with Crippen molar-refractivity contribution in [3.63, 3.8) is 0 Å². The molecule has 0 unspecified atom stereocenters. The molecule has 6 heavy (non-hydrogen) atoms. The van der Waals surface area contributed by atoms with Gasteiger partial charge >= 0.3 is 112 Å². The number of rotatable bonds is 0. The molecule has 0 aliphatic heterocycles. The van der Waals surface area contributed by atoms with Crippen LogP contribution in [0.1, 0.15) is 0 Å². The van der Waals surface area contributed by atoms with Crippen molar-refractivity contribution in [3.8, 4) is 0 Å². The van der Waals surface area contributed by atoms with Crippen molar-refractivity contribution in [1.82, 2.24) is 0 Å². The average Bonchev–Trinajstić information content (AvgIpc) is 0. The van der Waals surface area contributed by atoms with Gasteiger partial charge in [0.1, 0.15) is 0 Å². The summed E-state index contributed by atoms with van der Waals surface area (Å²) in [5, 5.41) is 0. The minimum atomic E-state index is 0. The second-order valence-electron chi connectivity index (χ2n) is 0. The predicted molar refractivity (Wildman–Crippen MR) is 0.686 cm³/mol. The Hall–Kier alpha value is 3.66. The standard InChI is InChI=1S/O.5Ta/q-2;5*+5. The smallest absolute Gasteiger partial charge is 2.00 e.